The maximum atomic E-state index is 11.4. The van der Waals surface area contributed by atoms with Crippen molar-refractivity contribution in [3.63, 3.8) is 0 Å². The van der Waals surface area contributed by atoms with E-state index in [1.807, 2.05) is 0 Å². The van der Waals surface area contributed by atoms with Crippen LogP contribution in [-0.4, -0.2) is 32.3 Å². The molecule has 0 unspecified atom stereocenters. The minimum Gasteiger partial charge on any atom is -0.479 e. The molecule has 0 aliphatic rings. The van der Waals surface area contributed by atoms with Crippen molar-refractivity contribution in [2.75, 3.05) is 20.3 Å². The fourth-order valence-electron chi connectivity index (χ4n) is 1.03. The van der Waals surface area contributed by atoms with Gasteiger partial charge in [0.2, 0.25) is 0 Å². The number of esters is 2. The number of halogens is 1. The zero-order valence-electron chi connectivity index (χ0n) is 9.32. The summed E-state index contributed by atoms with van der Waals surface area (Å²) >= 11 is 4.40. The van der Waals surface area contributed by atoms with Gasteiger partial charge in [-0.1, -0.05) is 0 Å². The molecule has 7 heteroatoms. The molecule has 1 aromatic rings. The van der Waals surface area contributed by atoms with Gasteiger partial charge in [-0.25, -0.2) is 9.59 Å². The Bertz CT molecular complexity index is 415. The first-order chi connectivity index (χ1) is 8.10. The molecule has 0 amide bonds. The second-order valence-electron chi connectivity index (χ2n) is 2.83. The Kier molecular flexibility index (Phi) is 5.43. The summed E-state index contributed by atoms with van der Waals surface area (Å²) in [7, 11) is 1.28. The van der Waals surface area contributed by atoms with E-state index in [0.717, 1.165) is 0 Å². The summed E-state index contributed by atoms with van der Waals surface area (Å²) in [5.41, 5.74) is 0. The van der Waals surface area contributed by atoms with E-state index in [0.29, 0.717) is 15.1 Å². The van der Waals surface area contributed by atoms with Crippen LogP contribution in [-0.2, 0) is 14.3 Å². The first-order valence-corrected chi connectivity index (χ1v) is 6.41. The Labute approximate surface area is 111 Å². The first-order valence-electron chi connectivity index (χ1n) is 4.73. The predicted octanol–water partition coefficient (Wildman–Crippen LogP) is 2.24. The molecule has 0 saturated heterocycles. The third-order valence-corrected chi connectivity index (χ3v) is 3.55. The summed E-state index contributed by atoms with van der Waals surface area (Å²) in [5.74, 6) is -0.684. The maximum Gasteiger partial charge on any atom is 0.351 e. The Morgan fingerprint density at radius 3 is 2.76 bits per heavy atom. The highest BCUT2D eigenvalue weighted by molar-refractivity contribution is 9.10. The van der Waals surface area contributed by atoms with Crippen molar-refractivity contribution in [3.8, 4) is 5.75 Å². The number of methoxy groups -OCH3 is 1. The van der Waals surface area contributed by atoms with Crippen molar-refractivity contribution in [2.24, 2.45) is 0 Å². The molecule has 0 radical (unpaired) electrons. The van der Waals surface area contributed by atoms with E-state index in [1.54, 1.807) is 12.3 Å². The Hall–Kier alpha value is -1.08. The van der Waals surface area contributed by atoms with Crippen LogP contribution >= 0.6 is 27.3 Å². The summed E-state index contributed by atoms with van der Waals surface area (Å²) in [5, 5.41) is 1.69. The number of rotatable bonds is 5. The van der Waals surface area contributed by atoms with Gasteiger partial charge in [-0.05, 0) is 22.9 Å². The lowest BCUT2D eigenvalue weighted by molar-refractivity contribution is -0.145. The molecule has 5 nitrogen and oxygen atoms in total. The molecular weight excluding hydrogens is 312 g/mol. The lowest BCUT2D eigenvalue weighted by atomic mass is 10.4. The molecule has 0 saturated carbocycles. The molecule has 0 spiro atoms. The number of hydrogen-bond acceptors (Lipinski definition) is 6. The van der Waals surface area contributed by atoms with E-state index < -0.39 is 11.9 Å². The highest BCUT2D eigenvalue weighted by Gasteiger charge is 2.20. The monoisotopic (exact) mass is 322 g/mol. The normalized spacial score (nSPS) is 9.82. The smallest absolute Gasteiger partial charge is 0.351 e. The van der Waals surface area contributed by atoms with Crippen molar-refractivity contribution in [1.82, 2.24) is 0 Å². The van der Waals surface area contributed by atoms with E-state index in [-0.39, 0.29) is 13.2 Å². The molecular formula is C10H11BrO5S. The number of thiophene rings is 1. The minimum absolute atomic E-state index is 0.243. The molecule has 0 atom stereocenters. The van der Waals surface area contributed by atoms with Gasteiger partial charge in [0, 0.05) is 5.38 Å². The Morgan fingerprint density at radius 2 is 2.18 bits per heavy atom. The number of carbonyl (C=O) groups excluding carboxylic acids is 2. The van der Waals surface area contributed by atoms with Gasteiger partial charge in [0.1, 0.15) is 0 Å². The third kappa shape index (κ3) is 3.71. The topological polar surface area (TPSA) is 61.8 Å². The molecule has 0 aliphatic heterocycles. The third-order valence-electron chi connectivity index (χ3n) is 1.71. The van der Waals surface area contributed by atoms with E-state index in [1.165, 1.54) is 18.4 Å². The summed E-state index contributed by atoms with van der Waals surface area (Å²) < 4.78 is 15.2. The van der Waals surface area contributed by atoms with Gasteiger partial charge in [0.05, 0.1) is 18.2 Å². The summed E-state index contributed by atoms with van der Waals surface area (Å²) in [6, 6.07) is 0. The van der Waals surface area contributed by atoms with Gasteiger partial charge in [-0.15, -0.1) is 11.3 Å². The standard InChI is InChI=1S/C10H11BrO5S/c1-3-15-7(12)4-16-8-6(11)5-17-9(8)10(13)14-2/h5H,3-4H2,1-2H3. The SMILES string of the molecule is CCOC(=O)COc1c(Br)csc1C(=O)OC. The highest BCUT2D eigenvalue weighted by Crippen LogP contribution is 2.35. The Morgan fingerprint density at radius 1 is 1.47 bits per heavy atom. The molecule has 0 aliphatic carbocycles. The van der Waals surface area contributed by atoms with Crippen molar-refractivity contribution >= 4 is 39.2 Å². The van der Waals surface area contributed by atoms with Crippen LogP contribution < -0.4 is 4.74 Å². The Balaban J connectivity index is 2.73. The van der Waals surface area contributed by atoms with Crippen molar-refractivity contribution in [2.45, 2.75) is 6.92 Å². The van der Waals surface area contributed by atoms with Gasteiger partial charge >= 0.3 is 11.9 Å². The zero-order chi connectivity index (χ0) is 12.8. The van der Waals surface area contributed by atoms with Crippen molar-refractivity contribution < 1.29 is 23.8 Å². The average Bonchev–Trinajstić information content (AvgIpc) is 2.67. The summed E-state index contributed by atoms with van der Waals surface area (Å²) in [6.07, 6.45) is 0. The fourth-order valence-corrected chi connectivity index (χ4v) is 2.54. The second kappa shape index (κ2) is 6.61. The first kappa shape index (κ1) is 14.0. The van der Waals surface area contributed by atoms with E-state index in [9.17, 15) is 9.59 Å². The quantitative estimate of drug-likeness (QED) is 0.778. The fraction of sp³-hybridized carbons (Fsp3) is 0.400. The molecule has 0 bridgehead atoms. The van der Waals surface area contributed by atoms with Crippen LogP contribution in [0.1, 0.15) is 16.6 Å². The van der Waals surface area contributed by atoms with Gasteiger partial charge in [-0.2, -0.15) is 0 Å². The number of carbonyl (C=O) groups is 2. The molecule has 0 N–H and O–H groups in total. The molecule has 1 aromatic heterocycles. The largest absolute Gasteiger partial charge is 0.479 e. The number of hydrogen-bond donors (Lipinski definition) is 0. The van der Waals surface area contributed by atoms with Crippen molar-refractivity contribution in [3.05, 3.63) is 14.7 Å². The summed E-state index contributed by atoms with van der Waals surface area (Å²) in [4.78, 5) is 22.8. The van der Waals surface area contributed by atoms with Crippen LogP contribution in [0.5, 0.6) is 5.75 Å². The highest BCUT2D eigenvalue weighted by atomic mass is 79.9. The lowest BCUT2D eigenvalue weighted by Crippen LogP contribution is -2.15. The number of ether oxygens (including phenoxy) is 3. The molecule has 1 heterocycles. The average molecular weight is 323 g/mol. The van der Waals surface area contributed by atoms with E-state index >= 15 is 0 Å². The van der Waals surface area contributed by atoms with Gasteiger partial charge in [0.25, 0.3) is 0 Å². The molecule has 1 rings (SSSR count). The molecule has 0 fully saturated rings. The molecule has 94 valence electrons. The van der Waals surface area contributed by atoms with Crippen molar-refractivity contribution in [1.29, 1.82) is 0 Å². The maximum absolute atomic E-state index is 11.4. The predicted molar refractivity (Wildman–Crippen MR) is 65.5 cm³/mol. The minimum atomic E-state index is -0.500. The second-order valence-corrected chi connectivity index (χ2v) is 4.56. The van der Waals surface area contributed by atoms with E-state index in [4.69, 9.17) is 9.47 Å². The zero-order valence-corrected chi connectivity index (χ0v) is 11.7. The van der Waals surface area contributed by atoms with Gasteiger partial charge in [0.15, 0.2) is 17.2 Å². The molecule has 17 heavy (non-hydrogen) atoms. The van der Waals surface area contributed by atoms with Gasteiger partial charge in [-0.3, -0.25) is 0 Å². The van der Waals surface area contributed by atoms with Crippen LogP contribution in [0.4, 0.5) is 0 Å². The van der Waals surface area contributed by atoms with Crippen LogP contribution in [0, 0.1) is 0 Å². The van der Waals surface area contributed by atoms with E-state index in [2.05, 4.69) is 20.7 Å². The van der Waals surface area contributed by atoms with Gasteiger partial charge < -0.3 is 14.2 Å². The van der Waals surface area contributed by atoms with Crippen LogP contribution in [0.3, 0.4) is 0 Å². The summed E-state index contributed by atoms with van der Waals surface area (Å²) in [6.45, 7) is 1.75. The molecule has 0 aromatic carbocycles. The van der Waals surface area contributed by atoms with Crippen LogP contribution in [0.15, 0.2) is 9.85 Å². The lowest BCUT2D eigenvalue weighted by Gasteiger charge is -2.06. The van der Waals surface area contributed by atoms with Crippen LogP contribution in [0.25, 0.3) is 0 Å². The van der Waals surface area contributed by atoms with Crippen LogP contribution in [0.2, 0.25) is 0 Å².